The number of carbonyl (C=O) groups excluding carboxylic acids is 1. The van der Waals surface area contributed by atoms with Gasteiger partial charge in [-0.2, -0.15) is 0 Å². The average molecular weight is 286 g/mol. The van der Waals surface area contributed by atoms with E-state index < -0.39 is 0 Å². The van der Waals surface area contributed by atoms with Crippen LogP contribution in [-0.4, -0.2) is 17.9 Å². The van der Waals surface area contributed by atoms with Crippen LogP contribution in [0.4, 0.5) is 10.1 Å². The summed E-state index contributed by atoms with van der Waals surface area (Å²) in [5.74, 6) is -0.588. The first-order chi connectivity index (χ1) is 9.90. The number of halogens is 1. The van der Waals surface area contributed by atoms with E-state index >= 15 is 0 Å². The normalized spacial score (nSPS) is 12.0. The predicted octanol–water partition coefficient (Wildman–Crippen LogP) is 3.55. The number of carbonyl (C=O) groups is 1. The van der Waals surface area contributed by atoms with E-state index in [1.807, 2.05) is 25.1 Å². The van der Waals surface area contributed by atoms with E-state index in [1.54, 1.807) is 37.1 Å². The highest BCUT2D eigenvalue weighted by Gasteiger charge is 2.19. The van der Waals surface area contributed by atoms with Crippen molar-refractivity contribution in [2.45, 2.75) is 19.9 Å². The lowest BCUT2D eigenvalue weighted by Crippen LogP contribution is -2.29. The lowest BCUT2D eigenvalue weighted by atomic mass is 10.0. The van der Waals surface area contributed by atoms with Crippen LogP contribution >= 0.6 is 0 Å². The maximum atomic E-state index is 13.6. The summed E-state index contributed by atoms with van der Waals surface area (Å²) in [6, 6.07) is 11.8. The van der Waals surface area contributed by atoms with Crippen molar-refractivity contribution in [3.8, 4) is 0 Å². The molecule has 0 aliphatic heterocycles. The molecule has 2 aromatic carbocycles. The predicted molar refractivity (Wildman–Crippen MR) is 82.5 cm³/mol. The Morgan fingerprint density at radius 1 is 1.24 bits per heavy atom. The van der Waals surface area contributed by atoms with E-state index in [2.05, 4.69) is 0 Å². The molecule has 1 unspecified atom stereocenters. The van der Waals surface area contributed by atoms with Gasteiger partial charge in [0.05, 0.1) is 6.04 Å². The van der Waals surface area contributed by atoms with Crippen LogP contribution in [0.15, 0.2) is 42.5 Å². The van der Waals surface area contributed by atoms with Gasteiger partial charge >= 0.3 is 0 Å². The number of rotatable bonds is 3. The average Bonchev–Trinajstić information content (AvgIpc) is 2.47. The molecule has 3 nitrogen and oxygen atoms in total. The van der Waals surface area contributed by atoms with Crippen LogP contribution in [-0.2, 0) is 0 Å². The van der Waals surface area contributed by atoms with Crippen LogP contribution in [0.2, 0.25) is 0 Å². The zero-order valence-corrected chi connectivity index (χ0v) is 12.4. The molecule has 0 spiro atoms. The number of benzene rings is 2. The van der Waals surface area contributed by atoms with Crippen molar-refractivity contribution >= 4 is 11.6 Å². The van der Waals surface area contributed by atoms with Gasteiger partial charge in [0.1, 0.15) is 5.82 Å². The summed E-state index contributed by atoms with van der Waals surface area (Å²) in [6.07, 6.45) is 0. The molecule has 0 fully saturated rings. The number of anilines is 1. The van der Waals surface area contributed by atoms with Crippen LogP contribution in [0.1, 0.15) is 34.5 Å². The molecule has 0 aromatic heterocycles. The lowest BCUT2D eigenvalue weighted by Gasteiger charge is -2.25. The third-order valence-corrected chi connectivity index (χ3v) is 3.71. The van der Waals surface area contributed by atoms with Gasteiger partial charge < -0.3 is 10.6 Å². The van der Waals surface area contributed by atoms with Gasteiger partial charge in [-0.25, -0.2) is 4.39 Å². The zero-order chi connectivity index (χ0) is 15.6. The maximum absolute atomic E-state index is 13.6. The van der Waals surface area contributed by atoms with Gasteiger partial charge in [0.2, 0.25) is 0 Å². The van der Waals surface area contributed by atoms with Crippen molar-refractivity contribution < 1.29 is 9.18 Å². The van der Waals surface area contributed by atoms with Crippen molar-refractivity contribution in [3.63, 3.8) is 0 Å². The minimum Gasteiger partial charge on any atom is -0.399 e. The first-order valence-corrected chi connectivity index (χ1v) is 6.79. The van der Waals surface area contributed by atoms with Crippen LogP contribution in [0.3, 0.4) is 0 Å². The van der Waals surface area contributed by atoms with Gasteiger partial charge in [0, 0.05) is 18.3 Å². The molecular weight excluding hydrogens is 267 g/mol. The van der Waals surface area contributed by atoms with E-state index in [1.165, 1.54) is 6.07 Å². The minimum absolute atomic E-state index is 0.148. The van der Waals surface area contributed by atoms with Gasteiger partial charge in [-0.05, 0) is 49.2 Å². The third kappa shape index (κ3) is 3.21. The van der Waals surface area contributed by atoms with E-state index in [4.69, 9.17) is 5.73 Å². The summed E-state index contributed by atoms with van der Waals surface area (Å²) in [4.78, 5) is 14.0. The van der Waals surface area contributed by atoms with E-state index in [-0.39, 0.29) is 17.8 Å². The number of aryl methyl sites for hydroxylation is 1. The molecule has 0 heterocycles. The molecule has 0 saturated carbocycles. The van der Waals surface area contributed by atoms with E-state index in [0.29, 0.717) is 16.8 Å². The number of nitrogens with zero attached hydrogens (tertiary/aromatic N) is 1. The van der Waals surface area contributed by atoms with Gasteiger partial charge in [0.25, 0.3) is 5.91 Å². The van der Waals surface area contributed by atoms with Crippen LogP contribution in [0.5, 0.6) is 0 Å². The molecule has 1 atom stereocenters. The largest absolute Gasteiger partial charge is 0.399 e. The van der Waals surface area contributed by atoms with Gasteiger partial charge in [-0.3, -0.25) is 4.79 Å². The quantitative estimate of drug-likeness (QED) is 0.877. The Morgan fingerprint density at radius 3 is 2.57 bits per heavy atom. The second-order valence-corrected chi connectivity index (χ2v) is 5.23. The number of hydrogen-bond donors (Lipinski definition) is 1. The van der Waals surface area contributed by atoms with E-state index in [0.717, 1.165) is 5.56 Å². The highest BCUT2D eigenvalue weighted by atomic mass is 19.1. The summed E-state index contributed by atoms with van der Waals surface area (Å²) >= 11 is 0. The van der Waals surface area contributed by atoms with Gasteiger partial charge in [-0.1, -0.05) is 18.2 Å². The monoisotopic (exact) mass is 286 g/mol. The Bertz CT molecular complexity index is 670. The molecule has 21 heavy (non-hydrogen) atoms. The van der Waals surface area contributed by atoms with Crippen LogP contribution < -0.4 is 5.73 Å². The van der Waals surface area contributed by atoms with E-state index in [9.17, 15) is 9.18 Å². The Morgan fingerprint density at radius 2 is 1.95 bits per heavy atom. The van der Waals surface area contributed by atoms with Crippen molar-refractivity contribution in [3.05, 3.63) is 65.0 Å². The fourth-order valence-electron chi connectivity index (χ4n) is 2.15. The fourth-order valence-corrected chi connectivity index (χ4v) is 2.15. The maximum Gasteiger partial charge on any atom is 0.254 e. The molecule has 0 aliphatic rings. The lowest BCUT2D eigenvalue weighted by molar-refractivity contribution is 0.0742. The topological polar surface area (TPSA) is 46.3 Å². The Kier molecular flexibility index (Phi) is 4.26. The van der Waals surface area contributed by atoms with Gasteiger partial charge in [-0.15, -0.1) is 0 Å². The third-order valence-electron chi connectivity index (χ3n) is 3.71. The zero-order valence-electron chi connectivity index (χ0n) is 12.4. The summed E-state index contributed by atoms with van der Waals surface area (Å²) in [6.45, 7) is 3.58. The summed E-state index contributed by atoms with van der Waals surface area (Å²) in [7, 11) is 1.70. The van der Waals surface area contributed by atoms with Crippen LogP contribution in [0.25, 0.3) is 0 Å². The molecule has 2 N–H and O–H groups in total. The van der Waals surface area contributed by atoms with Crippen LogP contribution in [0, 0.1) is 12.7 Å². The molecule has 0 radical (unpaired) electrons. The second kappa shape index (κ2) is 5.95. The molecule has 4 heteroatoms. The Balaban J connectivity index is 2.24. The number of hydrogen-bond acceptors (Lipinski definition) is 2. The number of amides is 1. The molecule has 0 aliphatic carbocycles. The van der Waals surface area contributed by atoms with Crippen molar-refractivity contribution in [2.24, 2.45) is 0 Å². The van der Waals surface area contributed by atoms with Crippen molar-refractivity contribution in [2.75, 3.05) is 12.8 Å². The smallest absolute Gasteiger partial charge is 0.254 e. The first-order valence-electron chi connectivity index (χ1n) is 6.79. The molecule has 2 rings (SSSR count). The molecule has 0 bridgehead atoms. The summed E-state index contributed by atoms with van der Waals surface area (Å²) in [5, 5.41) is 0. The molecule has 1 amide bonds. The number of nitrogen functional groups attached to an aromatic ring is 1. The Labute approximate surface area is 124 Å². The van der Waals surface area contributed by atoms with Crippen molar-refractivity contribution in [1.29, 1.82) is 0 Å². The highest BCUT2D eigenvalue weighted by Crippen LogP contribution is 2.22. The summed E-state index contributed by atoms with van der Waals surface area (Å²) < 4.78 is 13.6. The molecule has 110 valence electrons. The number of nitrogens with two attached hydrogens (primary N) is 1. The highest BCUT2D eigenvalue weighted by molar-refractivity contribution is 5.94. The molecule has 0 saturated heterocycles. The fraction of sp³-hybridized carbons (Fsp3) is 0.235. The molecule has 2 aromatic rings. The van der Waals surface area contributed by atoms with Crippen molar-refractivity contribution in [1.82, 2.24) is 4.90 Å². The standard InChI is InChI=1S/C17H19FN2O/c1-11-7-8-14(10-16(11)18)17(21)20(3)12(2)13-5-4-6-15(19)9-13/h4-10,12H,19H2,1-3H3. The SMILES string of the molecule is Cc1ccc(C(=O)N(C)C(C)c2cccc(N)c2)cc1F. The molecular formula is C17H19FN2O. The second-order valence-electron chi connectivity index (χ2n) is 5.23. The Hall–Kier alpha value is -2.36. The first kappa shape index (κ1) is 15.0. The minimum atomic E-state index is -0.370. The van der Waals surface area contributed by atoms with Gasteiger partial charge in [0.15, 0.2) is 0 Å². The summed E-state index contributed by atoms with van der Waals surface area (Å²) in [5.41, 5.74) is 8.23.